The van der Waals surface area contributed by atoms with Gasteiger partial charge in [-0.2, -0.15) is 0 Å². The Kier molecular flexibility index (Phi) is 2.76. The van der Waals surface area contributed by atoms with Crippen LogP contribution in [0.3, 0.4) is 0 Å². The third kappa shape index (κ3) is 2.14. The first kappa shape index (κ1) is 12.0. The zero-order valence-electron chi connectivity index (χ0n) is 10.4. The first-order chi connectivity index (χ1) is 9.63. The average Bonchev–Trinajstić information content (AvgIpc) is 2.46. The SMILES string of the molecule is Nc1cc([N+](=O)[O-])cc(-c2ccc3ccccc3n2)n1. The second-order valence-corrected chi connectivity index (χ2v) is 4.28. The van der Waals surface area contributed by atoms with Crippen LogP contribution in [0.25, 0.3) is 22.3 Å². The minimum absolute atomic E-state index is 0.0949. The number of nitrogens with two attached hydrogens (primary N) is 1. The summed E-state index contributed by atoms with van der Waals surface area (Å²) in [6, 6.07) is 13.9. The highest BCUT2D eigenvalue weighted by molar-refractivity contribution is 5.81. The molecule has 3 aromatic rings. The van der Waals surface area contributed by atoms with Crippen LogP contribution in [-0.2, 0) is 0 Å². The number of anilines is 1. The molecule has 0 atom stereocenters. The largest absolute Gasteiger partial charge is 0.383 e. The van der Waals surface area contributed by atoms with Gasteiger partial charge in [0.1, 0.15) is 5.82 Å². The zero-order valence-corrected chi connectivity index (χ0v) is 10.4. The van der Waals surface area contributed by atoms with E-state index >= 15 is 0 Å². The molecule has 98 valence electrons. The van der Waals surface area contributed by atoms with Gasteiger partial charge in [-0.3, -0.25) is 10.1 Å². The van der Waals surface area contributed by atoms with Crippen LogP contribution in [0.5, 0.6) is 0 Å². The quantitative estimate of drug-likeness (QED) is 0.568. The number of hydrogen-bond donors (Lipinski definition) is 1. The molecular formula is C14H10N4O2. The van der Waals surface area contributed by atoms with Gasteiger partial charge in [-0.1, -0.05) is 24.3 Å². The van der Waals surface area contributed by atoms with Gasteiger partial charge >= 0.3 is 0 Å². The normalized spacial score (nSPS) is 10.6. The van der Waals surface area contributed by atoms with Crippen molar-refractivity contribution in [3.8, 4) is 11.4 Å². The van der Waals surface area contributed by atoms with Crippen molar-refractivity contribution in [3.05, 3.63) is 58.6 Å². The lowest BCUT2D eigenvalue weighted by Gasteiger charge is -2.03. The number of pyridine rings is 2. The molecule has 6 heteroatoms. The Morgan fingerprint density at radius 2 is 1.80 bits per heavy atom. The Balaban J connectivity index is 2.17. The number of nitrogens with zero attached hydrogens (tertiary/aromatic N) is 3. The minimum atomic E-state index is -0.497. The molecule has 0 unspecified atom stereocenters. The lowest BCUT2D eigenvalue weighted by atomic mass is 10.1. The van der Waals surface area contributed by atoms with E-state index < -0.39 is 4.92 Å². The highest BCUT2D eigenvalue weighted by atomic mass is 16.6. The maximum Gasteiger partial charge on any atom is 0.275 e. The highest BCUT2D eigenvalue weighted by Crippen LogP contribution is 2.24. The average molecular weight is 266 g/mol. The maximum absolute atomic E-state index is 10.9. The second kappa shape index (κ2) is 4.58. The number of nitrogen functional groups attached to an aromatic ring is 1. The fourth-order valence-corrected chi connectivity index (χ4v) is 1.98. The summed E-state index contributed by atoms with van der Waals surface area (Å²) in [5.41, 5.74) is 7.26. The fourth-order valence-electron chi connectivity index (χ4n) is 1.98. The summed E-state index contributed by atoms with van der Waals surface area (Å²) in [4.78, 5) is 18.9. The van der Waals surface area contributed by atoms with E-state index in [4.69, 9.17) is 5.73 Å². The van der Waals surface area contributed by atoms with E-state index in [1.54, 1.807) is 6.07 Å². The van der Waals surface area contributed by atoms with Crippen LogP contribution < -0.4 is 5.73 Å². The van der Waals surface area contributed by atoms with E-state index in [0.717, 1.165) is 10.9 Å². The van der Waals surface area contributed by atoms with Gasteiger partial charge in [0.15, 0.2) is 0 Å². The van der Waals surface area contributed by atoms with E-state index in [-0.39, 0.29) is 11.5 Å². The molecule has 2 N–H and O–H groups in total. The molecule has 0 fully saturated rings. The summed E-state index contributed by atoms with van der Waals surface area (Å²) < 4.78 is 0. The summed E-state index contributed by atoms with van der Waals surface area (Å²) in [7, 11) is 0. The Bertz CT molecular complexity index is 817. The topological polar surface area (TPSA) is 94.9 Å². The summed E-state index contributed by atoms with van der Waals surface area (Å²) in [5, 5.41) is 11.8. The van der Waals surface area contributed by atoms with Gasteiger partial charge < -0.3 is 5.73 Å². The van der Waals surface area contributed by atoms with Crippen LogP contribution in [-0.4, -0.2) is 14.9 Å². The van der Waals surface area contributed by atoms with Crippen molar-refractivity contribution in [1.29, 1.82) is 0 Å². The van der Waals surface area contributed by atoms with Gasteiger partial charge in [-0.05, 0) is 12.1 Å². The minimum Gasteiger partial charge on any atom is -0.383 e. The van der Waals surface area contributed by atoms with E-state index in [2.05, 4.69) is 9.97 Å². The summed E-state index contributed by atoms with van der Waals surface area (Å²) in [6.07, 6.45) is 0. The van der Waals surface area contributed by atoms with E-state index in [9.17, 15) is 10.1 Å². The van der Waals surface area contributed by atoms with Crippen molar-refractivity contribution in [2.24, 2.45) is 0 Å². The van der Waals surface area contributed by atoms with E-state index in [0.29, 0.717) is 11.4 Å². The smallest absolute Gasteiger partial charge is 0.275 e. The van der Waals surface area contributed by atoms with Crippen LogP contribution in [0.1, 0.15) is 0 Å². The summed E-state index contributed by atoms with van der Waals surface area (Å²) in [6.45, 7) is 0. The molecule has 0 amide bonds. The van der Waals surface area contributed by atoms with Gasteiger partial charge in [-0.15, -0.1) is 0 Å². The standard InChI is InChI=1S/C14H10N4O2/c15-14-8-10(18(19)20)7-13(17-14)12-6-5-9-3-1-2-4-11(9)16-12/h1-8H,(H2,15,17). The van der Waals surface area contributed by atoms with Crippen molar-refractivity contribution < 1.29 is 4.92 Å². The summed E-state index contributed by atoms with van der Waals surface area (Å²) >= 11 is 0. The molecule has 6 nitrogen and oxygen atoms in total. The molecule has 0 aliphatic rings. The number of fused-ring (bicyclic) bond motifs is 1. The zero-order chi connectivity index (χ0) is 14.1. The van der Waals surface area contributed by atoms with Crippen molar-refractivity contribution in [2.75, 3.05) is 5.73 Å². The lowest BCUT2D eigenvalue weighted by molar-refractivity contribution is -0.384. The van der Waals surface area contributed by atoms with Crippen molar-refractivity contribution in [1.82, 2.24) is 9.97 Å². The Hall–Kier alpha value is -3.02. The predicted octanol–water partition coefficient (Wildman–Crippen LogP) is 2.79. The Morgan fingerprint density at radius 3 is 2.60 bits per heavy atom. The number of para-hydroxylation sites is 1. The van der Waals surface area contributed by atoms with Gasteiger partial charge in [0.2, 0.25) is 0 Å². The fraction of sp³-hybridized carbons (Fsp3) is 0. The number of nitro groups is 1. The first-order valence-electron chi connectivity index (χ1n) is 5.91. The third-order valence-corrected chi connectivity index (χ3v) is 2.90. The predicted molar refractivity (Wildman–Crippen MR) is 76.0 cm³/mol. The van der Waals surface area contributed by atoms with Crippen LogP contribution in [0, 0.1) is 10.1 Å². The Labute approximate surface area is 114 Å². The van der Waals surface area contributed by atoms with E-state index in [1.807, 2.05) is 30.3 Å². The molecule has 0 radical (unpaired) electrons. The molecule has 3 rings (SSSR count). The molecule has 0 bridgehead atoms. The monoisotopic (exact) mass is 266 g/mol. The number of benzene rings is 1. The van der Waals surface area contributed by atoms with Crippen LogP contribution >= 0.6 is 0 Å². The molecule has 2 heterocycles. The van der Waals surface area contributed by atoms with Crippen LogP contribution in [0.2, 0.25) is 0 Å². The van der Waals surface area contributed by atoms with Crippen molar-refractivity contribution >= 4 is 22.4 Å². The number of rotatable bonds is 2. The maximum atomic E-state index is 10.9. The first-order valence-corrected chi connectivity index (χ1v) is 5.91. The van der Waals surface area contributed by atoms with Crippen molar-refractivity contribution in [2.45, 2.75) is 0 Å². The molecule has 0 spiro atoms. The highest BCUT2D eigenvalue weighted by Gasteiger charge is 2.12. The lowest BCUT2D eigenvalue weighted by Crippen LogP contribution is -1.97. The van der Waals surface area contributed by atoms with Crippen LogP contribution in [0.4, 0.5) is 11.5 Å². The Morgan fingerprint density at radius 1 is 1.00 bits per heavy atom. The summed E-state index contributed by atoms with van der Waals surface area (Å²) in [5.74, 6) is 0.101. The molecule has 0 aliphatic heterocycles. The van der Waals surface area contributed by atoms with Gasteiger partial charge in [-0.25, -0.2) is 9.97 Å². The molecular weight excluding hydrogens is 256 g/mol. The number of hydrogen-bond acceptors (Lipinski definition) is 5. The number of aromatic nitrogens is 2. The third-order valence-electron chi connectivity index (χ3n) is 2.90. The second-order valence-electron chi connectivity index (χ2n) is 4.28. The van der Waals surface area contributed by atoms with Gasteiger partial charge in [0.05, 0.1) is 27.9 Å². The molecule has 0 aliphatic carbocycles. The molecule has 2 aromatic heterocycles. The molecule has 1 aromatic carbocycles. The van der Waals surface area contributed by atoms with Gasteiger partial charge in [0, 0.05) is 11.5 Å². The molecule has 0 saturated heterocycles. The van der Waals surface area contributed by atoms with Gasteiger partial charge in [0.25, 0.3) is 5.69 Å². The van der Waals surface area contributed by atoms with Crippen LogP contribution in [0.15, 0.2) is 48.5 Å². The molecule has 0 saturated carbocycles. The van der Waals surface area contributed by atoms with Crippen molar-refractivity contribution in [3.63, 3.8) is 0 Å². The van der Waals surface area contributed by atoms with E-state index in [1.165, 1.54) is 12.1 Å². The molecule has 20 heavy (non-hydrogen) atoms.